The van der Waals surface area contributed by atoms with Crippen molar-refractivity contribution >= 4 is 5.97 Å². The van der Waals surface area contributed by atoms with Crippen molar-refractivity contribution in [3.8, 4) is 5.75 Å². The average molecular weight is 501 g/mol. The molecule has 1 unspecified atom stereocenters. The van der Waals surface area contributed by atoms with E-state index in [2.05, 4.69) is 0 Å². The van der Waals surface area contributed by atoms with Crippen molar-refractivity contribution in [2.24, 2.45) is 11.8 Å². The van der Waals surface area contributed by atoms with Crippen molar-refractivity contribution in [1.82, 2.24) is 0 Å². The van der Waals surface area contributed by atoms with Crippen molar-refractivity contribution in [2.45, 2.75) is 76.5 Å². The van der Waals surface area contributed by atoms with Crippen LogP contribution in [0.4, 0.5) is 13.2 Å². The summed E-state index contributed by atoms with van der Waals surface area (Å²) in [6.07, 6.45) is 2.09. The first-order valence-electron chi connectivity index (χ1n) is 11.8. The molecule has 0 bridgehead atoms. The van der Waals surface area contributed by atoms with Gasteiger partial charge in [0.2, 0.25) is 0 Å². The molecular formula is C26H35F3O6. The molecule has 35 heavy (non-hydrogen) atoms. The number of unbranched alkanes of at least 4 members (excludes halogenated alkanes) is 1. The molecule has 1 saturated carbocycles. The summed E-state index contributed by atoms with van der Waals surface area (Å²) < 4.78 is 48.8. The lowest BCUT2D eigenvalue weighted by Crippen LogP contribution is -2.21. The predicted octanol–water partition coefficient (Wildman–Crippen LogP) is 4.43. The summed E-state index contributed by atoms with van der Waals surface area (Å²) >= 11 is 0. The van der Waals surface area contributed by atoms with Gasteiger partial charge in [0.25, 0.3) is 0 Å². The number of allylic oxidation sites excluding steroid dienone is 2. The topological polar surface area (TPSA) is 96.2 Å². The van der Waals surface area contributed by atoms with Crippen LogP contribution in [0.25, 0.3) is 0 Å². The van der Waals surface area contributed by atoms with Crippen LogP contribution in [0.3, 0.4) is 0 Å². The number of ether oxygens (including phenoxy) is 2. The fraction of sp³-hybridized carbons (Fsp3) is 0.577. The quantitative estimate of drug-likeness (QED) is 0.223. The third kappa shape index (κ3) is 10.0. The van der Waals surface area contributed by atoms with Gasteiger partial charge >= 0.3 is 12.1 Å². The Morgan fingerprint density at radius 2 is 1.94 bits per heavy atom. The fourth-order valence-electron chi connectivity index (χ4n) is 4.02. The molecule has 1 aromatic rings. The molecule has 0 aliphatic heterocycles. The first kappa shape index (κ1) is 28.9. The fourth-order valence-corrected chi connectivity index (χ4v) is 4.02. The van der Waals surface area contributed by atoms with Gasteiger partial charge in [-0.15, -0.1) is 0 Å². The van der Waals surface area contributed by atoms with Crippen LogP contribution < -0.4 is 4.74 Å². The Hall–Kier alpha value is -2.36. The molecule has 0 heterocycles. The van der Waals surface area contributed by atoms with Gasteiger partial charge in [-0.05, 0) is 57.2 Å². The lowest BCUT2D eigenvalue weighted by Gasteiger charge is -2.19. The highest BCUT2D eigenvalue weighted by Gasteiger charge is 2.39. The highest BCUT2D eigenvalue weighted by molar-refractivity contribution is 5.69. The highest BCUT2D eigenvalue weighted by atomic mass is 19.4. The van der Waals surface area contributed by atoms with Gasteiger partial charge in [0.1, 0.15) is 18.5 Å². The number of alkyl halides is 3. The van der Waals surface area contributed by atoms with E-state index in [9.17, 15) is 33.3 Å². The van der Waals surface area contributed by atoms with Crippen LogP contribution in [-0.2, 0) is 15.7 Å². The van der Waals surface area contributed by atoms with Crippen molar-refractivity contribution < 1.29 is 42.8 Å². The van der Waals surface area contributed by atoms with E-state index in [-0.39, 0.29) is 42.7 Å². The normalized spacial score (nSPS) is 23.9. The highest BCUT2D eigenvalue weighted by Crippen LogP contribution is 2.36. The number of hydrogen-bond donors (Lipinski definition) is 3. The molecule has 0 amide bonds. The molecule has 9 heteroatoms. The molecule has 0 saturated heterocycles. The van der Waals surface area contributed by atoms with Crippen molar-refractivity contribution in [3.63, 3.8) is 0 Å². The van der Waals surface area contributed by atoms with Crippen molar-refractivity contribution in [2.75, 3.05) is 6.61 Å². The Balaban J connectivity index is 1.82. The zero-order valence-electron chi connectivity index (χ0n) is 20.0. The van der Waals surface area contributed by atoms with E-state index in [4.69, 9.17) is 9.47 Å². The third-order valence-electron chi connectivity index (χ3n) is 5.75. The van der Waals surface area contributed by atoms with Crippen LogP contribution in [0, 0.1) is 11.8 Å². The Bertz CT molecular complexity index is 852. The summed E-state index contributed by atoms with van der Waals surface area (Å²) in [4.78, 5) is 11.5. The minimum Gasteiger partial charge on any atom is -0.491 e. The second kappa shape index (κ2) is 13.7. The van der Waals surface area contributed by atoms with Gasteiger partial charge in [-0.1, -0.05) is 30.4 Å². The van der Waals surface area contributed by atoms with Gasteiger partial charge in [-0.25, -0.2) is 0 Å². The average Bonchev–Trinajstić information content (AvgIpc) is 3.04. The van der Waals surface area contributed by atoms with E-state index in [1.54, 1.807) is 19.9 Å². The Morgan fingerprint density at radius 3 is 2.63 bits per heavy atom. The third-order valence-corrected chi connectivity index (χ3v) is 5.75. The van der Waals surface area contributed by atoms with Gasteiger partial charge in [-0.3, -0.25) is 4.79 Å². The molecule has 196 valence electrons. The van der Waals surface area contributed by atoms with Gasteiger partial charge in [0.05, 0.1) is 23.9 Å². The maximum absolute atomic E-state index is 12.8. The Morgan fingerprint density at radius 1 is 1.20 bits per heavy atom. The molecule has 1 aliphatic rings. The molecule has 3 N–H and O–H groups in total. The number of aliphatic hydroxyl groups excluding tert-OH is 3. The second-order valence-electron chi connectivity index (χ2n) is 9.04. The minimum atomic E-state index is -4.49. The van der Waals surface area contributed by atoms with Crippen LogP contribution >= 0.6 is 0 Å². The SMILES string of the molecule is CC(C)OC(=O)CCCC=CC[C@@H]1[C@@H](C=CC(O)COc2cccc(C(F)(F)F)c2)[C@H](O)C[C@@H]1O. The number of benzene rings is 1. The maximum Gasteiger partial charge on any atom is 0.416 e. The maximum atomic E-state index is 12.8. The number of rotatable bonds is 12. The first-order chi connectivity index (χ1) is 16.5. The van der Waals surface area contributed by atoms with Gasteiger partial charge < -0.3 is 24.8 Å². The summed E-state index contributed by atoms with van der Waals surface area (Å²) in [6.45, 7) is 3.34. The number of esters is 1. The van der Waals surface area contributed by atoms with Crippen LogP contribution in [-0.4, -0.2) is 52.3 Å². The van der Waals surface area contributed by atoms with Crippen LogP contribution in [0.5, 0.6) is 5.75 Å². The van der Waals surface area contributed by atoms with E-state index in [0.717, 1.165) is 12.1 Å². The molecular weight excluding hydrogens is 465 g/mol. The van der Waals surface area contributed by atoms with E-state index >= 15 is 0 Å². The number of aliphatic hydroxyl groups is 3. The number of halogens is 3. The molecule has 2 rings (SSSR count). The summed E-state index contributed by atoms with van der Waals surface area (Å²) in [5.41, 5.74) is -0.838. The second-order valence-corrected chi connectivity index (χ2v) is 9.04. The van der Waals surface area contributed by atoms with Gasteiger partial charge in [0, 0.05) is 18.8 Å². The summed E-state index contributed by atoms with van der Waals surface area (Å²) in [7, 11) is 0. The van der Waals surface area contributed by atoms with Crippen LogP contribution in [0.1, 0.15) is 51.5 Å². The molecule has 1 aliphatic carbocycles. The summed E-state index contributed by atoms with van der Waals surface area (Å²) in [5, 5.41) is 30.8. The molecule has 6 nitrogen and oxygen atoms in total. The van der Waals surface area contributed by atoms with Crippen LogP contribution in [0.15, 0.2) is 48.6 Å². The van der Waals surface area contributed by atoms with E-state index in [1.165, 1.54) is 18.2 Å². The van der Waals surface area contributed by atoms with E-state index in [1.807, 2.05) is 12.2 Å². The molecule has 0 radical (unpaired) electrons. The number of carbonyl (C=O) groups excluding carboxylic acids is 1. The van der Waals surface area contributed by atoms with Crippen molar-refractivity contribution in [1.29, 1.82) is 0 Å². The zero-order valence-corrected chi connectivity index (χ0v) is 20.0. The van der Waals surface area contributed by atoms with E-state index in [0.29, 0.717) is 25.7 Å². The lowest BCUT2D eigenvalue weighted by molar-refractivity contribution is -0.147. The monoisotopic (exact) mass is 500 g/mol. The molecule has 5 atom stereocenters. The first-order valence-corrected chi connectivity index (χ1v) is 11.8. The smallest absolute Gasteiger partial charge is 0.416 e. The number of carbonyl (C=O) groups is 1. The summed E-state index contributed by atoms with van der Waals surface area (Å²) in [6, 6.07) is 4.40. The van der Waals surface area contributed by atoms with Gasteiger partial charge in [0.15, 0.2) is 0 Å². The lowest BCUT2D eigenvalue weighted by atomic mass is 9.89. The molecule has 0 spiro atoms. The largest absolute Gasteiger partial charge is 0.491 e. The van der Waals surface area contributed by atoms with Crippen molar-refractivity contribution in [3.05, 3.63) is 54.1 Å². The molecule has 1 aromatic carbocycles. The number of hydrogen-bond acceptors (Lipinski definition) is 6. The molecule has 1 fully saturated rings. The zero-order chi connectivity index (χ0) is 26.0. The standard InChI is InChI=1S/C26H35F3O6/c1-17(2)35-25(33)11-6-4-3-5-10-21-22(24(32)15-23(21)31)13-12-19(30)16-34-20-9-7-8-18(14-20)26(27,28)29/h3,5,7-9,12-14,17,19,21-24,30-32H,4,6,10-11,15-16H2,1-2H3/t19?,21-,22-,23+,24-/m1/s1. The van der Waals surface area contributed by atoms with Gasteiger partial charge in [-0.2, -0.15) is 13.2 Å². The Kier molecular flexibility index (Phi) is 11.3. The molecule has 0 aromatic heterocycles. The summed E-state index contributed by atoms with van der Waals surface area (Å²) in [5.74, 6) is -0.883. The predicted molar refractivity (Wildman–Crippen MR) is 125 cm³/mol. The van der Waals surface area contributed by atoms with Crippen LogP contribution in [0.2, 0.25) is 0 Å². The minimum absolute atomic E-state index is 0.0101. The van der Waals surface area contributed by atoms with E-state index < -0.39 is 30.1 Å². The Labute approximate surface area is 204 Å².